The number of hydrogen-bond acceptors (Lipinski definition) is 5. The molecule has 0 spiro atoms. The van der Waals surface area contributed by atoms with E-state index in [2.05, 4.69) is 56.0 Å². The molecule has 6 heteroatoms. The zero-order valence-electron chi connectivity index (χ0n) is 20.5. The van der Waals surface area contributed by atoms with Crippen LogP contribution in [0.1, 0.15) is 26.2 Å². The van der Waals surface area contributed by atoms with Crippen molar-refractivity contribution < 1.29 is 9.53 Å². The number of carbonyl (C=O) groups excluding carboxylic acids is 1. The summed E-state index contributed by atoms with van der Waals surface area (Å²) in [6.45, 7) is 11.0. The minimum Gasteiger partial charge on any atom is -0.494 e. The van der Waals surface area contributed by atoms with Gasteiger partial charge in [0.05, 0.1) is 13.2 Å². The fourth-order valence-electron chi connectivity index (χ4n) is 5.32. The summed E-state index contributed by atoms with van der Waals surface area (Å²) in [5.74, 6) is 1.22. The lowest BCUT2D eigenvalue weighted by atomic mass is 9.91. The predicted molar refractivity (Wildman–Crippen MR) is 137 cm³/mol. The van der Waals surface area contributed by atoms with Gasteiger partial charge in [-0.2, -0.15) is 0 Å². The Kier molecular flexibility index (Phi) is 7.36. The zero-order valence-corrected chi connectivity index (χ0v) is 20.5. The molecule has 1 amide bonds. The van der Waals surface area contributed by atoms with Crippen molar-refractivity contribution in [2.75, 3.05) is 70.4 Å². The molecule has 0 bridgehead atoms. The normalized spacial score (nSPS) is 20.3. The summed E-state index contributed by atoms with van der Waals surface area (Å²) in [6.07, 6.45) is 4.08. The molecular weight excluding hydrogens is 424 g/mol. The largest absolute Gasteiger partial charge is 0.494 e. The Morgan fingerprint density at radius 2 is 1.44 bits per heavy atom. The molecule has 2 aromatic rings. The number of piperazine rings is 2. The molecule has 2 aromatic carbocycles. The molecule has 0 N–H and O–H groups in total. The lowest BCUT2D eigenvalue weighted by molar-refractivity contribution is -0.134. The molecule has 0 atom stereocenters. The van der Waals surface area contributed by atoms with Crippen molar-refractivity contribution in [1.82, 2.24) is 14.7 Å². The van der Waals surface area contributed by atoms with E-state index in [0.29, 0.717) is 19.1 Å². The third-order valence-electron chi connectivity index (χ3n) is 7.72. The zero-order chi connectivity index (χ0) is 23.3. The van der Waals surface area contributed by atoms with Crippen LogP contribution in [0.5, 0.6) is 5.75 Å². The third kappa shape index (κ3) is 5.39. The molecule has 34 heavy (non-hydrogen) atoms. The number of ether oxygens (including phenoxy) is 1. The second kappa shape index (κ2) is 10.8. The Morgan fingerprint density at radius 1 is 0.824 bits per heavy atom. The van der Waals surface area contributed by atoms with Gasteiger partial charge in [-0.3, -0.25) is 14.6 Å². The van der Waals surface area contributed by atoms with E-state index in [1.807, 2.05) is 19.1 Å². The first-order valence-electron chi connectivity index (χ1n) is 13.0. The number of carbonyl (C=O) groups is 1. The van der Waals surface area contributed by atoms with Gasteiger partial charge in [0, 0.05) is 64.1 Å². The average Bonchev–Trinajstić information content (AvgIpc) is 2.85. The van der Waals surface area contributed by atoms with Crippen molar-refractivity contribution in [2.45, 2.75) is 32.2 Å². The summed E-state index contributed by atoms with van der Waals surface area (Å²) < 4.78 is 5.55. The Labute approximate surface area is 204 Å². The maximum atomic E-state index is 12.9. The molecule has 2 heterocycles. The lowest BCUT2D eigenvalue weighted by Gasteiger charge is -2.43. The van der Waals surface area contributed by atoms with Crippen LogP contribution in [-0.4, -0.2) is 92.2 Å². The quantitative estimate of drug-likeness (QED) is 0.629. The Morgan fingerprint density at radius 3 is 2.00 bits per heavy atom. The highest BCUT2D eigenvalue weighted by atomic mass is 16.5. The van der Waals surface area contributed by atoms with E-state index in [1.54, 1.807) is 0 Å². The van der Waals surface area contributed by atoms with Crippen molar-refractivity contribution in [3.8, 4) is 16.9 Å². The maximum absolute atomic E-state index is 12.9. The summed E-state index contributed by atoms with van der Waals surface area (Å²) in [4.78, 5) is 22.3. The molecule has 182 valence electrons. The van der Waals surface area contributed by atoms with Gasteiger partial charge >= 0.3 is 0 Å². The standard InChI is InChI=1S/C28H38N4O2/c1-2-34-27-12-8-24(9-13-27)23-6-10-26(11-7-23)30-16-14-29(15-17-30)22-28(33)32-20-18-31(19-21-32)25-4-3-5-25/h6-13,25H,2-5,14-22H2,1H3. The summed E-state index contributed by atoms with van der Waals surface area (Å²) in [7, 11) is 0. The van der Waals surface area contributed by atoms with E-state index in [4.69, 9.17) is 4.74 Å². The van der Waals surface area contributed by atoms with Crippen LogP contribution in [0.4, 0.5) is 5.69 Å². The first-order chi connectivity index (χ1) is 16.7. The minimum atomic E-state index is 0.307. The van der Waals surface area contributed by atoms with E-state index < -0.39 is 0 Å². The molecule has 1 saturated carbocycles. The first kappa shape index (κ1) is 23.2. The van der Waals surface area contributed by atoms with Crippen LogP contribution in [0.25, 0.3) is 11.1 Å². The number of benzene rings is 2. The predicted octanol–water partition coefficient (Wildman–Crippen LogP) is 3.57. The van der Waals surface area contributed by atoms with Crippen molar-refractivity contribution in [2.24, 2.45) is 0 Å². The second-order valence-electron chi connectivity index (χ2n) is 9.77. The topological polar surface area (TPSA) is 39.3 Å². The SMILES string of the molecule is CCOc1ccc(-c2ccc(N3CCN(CC(=O)N4CCN(C5CCC5)CC4)CC3)cc2)cc1. The molecule has 6 nitrogen and oxygen atoms in total. The molecule has 3 fully saturated rings. The van der Waals surface area contributed by atoms with Gasteiger partial charge in [0.15, 0.2) is 0 Å². The van der Waals surface area contributed by atoms with Gasteiger partial charge in [-0.1, -0.05) is 30.7 Å². The van der Waals surface area contributed by atoms with Crippen molar-refractivity contribution in [3.63, 3.8) is 0 Å². The monoisotopic (exact) mass is 462 g/mol. The maximum Gasteiger partial charge on any atom is 0.236 e. The van der Waals surface area contributed by atoms with Crippen molar-refractivity contribution in [3.05, 3.63) is 48.5 Å². The average molecular weight is 463 g/mol. The molecule has 0 unspecified atom stereocenters. The highest BCUT2D eigenvalue weighted by molar-refractivity contribution is 5.78. The molecule has 2 aliphatic heterocycles. The molecule has 0 aromatic heterocycles. The van der Waals surface area contributed by atoms with Crippen LogP contribution in [0.2, 0.25) is 0 Å². The molecule has 1 aliphatic carbocycles. The van der Waals surface area contributed by atoms with Crippen LogP contribution in [-0.2, 0) is 4.79 Å². The van der Waals surface area contributed by atoms with Crippen LogP contribution in [0.3, 0.4) is 0 Å². The van der Waals surface area contributed by atoms with E-state index in [9.17, 15) is 4.79 Å². The molecular formula is C28H38N4O2. The van der Waals surface area contributed by atoms with Gasteiger partial charge in [0.2, 0.25) is 5.91 Å². The van der Waals surface area contributed by atoms with Crippen LogP contribution < -0.4 is 9.64 Å². The Hall–Kier alpha value is -2.57. The summed E-state index contributed by atoms with van der Waals surface area (Å²) in [6, 6.07) is 17.9. The molecule has 3 aliphatic rings. The van der Waals surface area contributed by atoms with Gasteiger partial charge in [-0.15, -0.1) is 0 Å². The van der Waals surface area contributed by atoms with Gasteiger partial charge in [0.1, 0.15) is 5.75 Å². The number of hydrogen-bond donors (Lipinski definition) is 0. The van der Waals surface area contributed by atoms with E-state index in [1.165, 1.54) is 36.1 Å². The van der Waals surface area contributed by atoms with Gasteiger partial charge in [-0.25, -0.2) is 0 Å². The fourth-order valence-corrected chi connectivity index (χ4v) is 5.32. The highest BCUT2D eigenvalue weighted by Gasteiger charge is 2.30. The molecule has 2 saturated heterocycles. The smallest absolute Gasteiger partial charge is 0.236 e. The van der Waals surface area contributed by atoms with Crippen molar-refractivity contribution in [1.29, 1.82) is 0 Å². The van der Waals surface area contributed by atoms with Crippen LogP contribution in [0, 0.1) is 0 Å². The summed E-state index contributed by atoms with van der Waals surface area (Å²) in [5, 5.41) is 0. The Balaban J connectivity index is 1.07. The number of rotatable bonds is 7. The number of amides is 1. The van der Waals surface area contributed by atoms with E-state index in [-0.39, 0.29) is 0 Å². The first-order valence-corrected chi connectivity index (χ1v) is 13.0. The van der Waals surface area contributed by atoms with E-state index in [0.717, 1.165) is 64.1 Å². The molecule has 0 radical (unpaired) electrons. The highest BCUT2D eigenvalue weighted by Crippen LogP contribution is 2.27. The minimum absolute atomic E-state index is 0.307. The summed E-state index contributed by atoms with van der Waals surface area (Å²) >= 11 is 0. The fraction of sp³-hybridized carbons (Fsp3) is 0.536. The van der Waals surface area contributed by atoms with Crippen molar-refractivity contribution >= 4 is 11.6 Å². The van der Waals surface area contributed by atoms with Gasteiger partial charge < -0.3 is 14.5 Å². The van der Waals surface area contributed by atoms with Crippen LogP contribution >= 0.6 is 0 Å². The number of anilines is 1. The second-order valence-corrected chi connectivity index (χ2v) is 9.77. The van der Waals surface area contributed by atoms with Gasteiger partial charge in [-0.05, 0) is 55.2 Å². The molecule has 5 rings (SSSR count). The van der Waals surface area contributed by atoms with Crippen LogP contribution in [0.15, 0.2) is 48.5 Å². The third-order valence-corrected chi connectivity index (χ3v) is 7.72. The lowest BCUT2D eigenvalue weighted by Crippen LogP contribution is -2.56. The summed E-state index contributed by atoms with van der Waals surface area (Å²) in [5.41, 5.74) is 3.67. The van der Waals surface area contributed by atoms with Gasteiger partial charge in [0.25, 0.3) is 0 Å². The van der Waals surface area contributed by atoms with E-state index >= 15 is 0 Å². The number of nitrogens with zero attached hydrogens (tertiary/aromatic N) is 4. The Bertz CT molecular complexity index is 926.